The molecule has 1 atom stereocenters. The largest absolute Gasteiger partial charge is 0.333 e. The van der Waals surface area contributed by atoms with E-state index in [1.807, 2.05) is 31.2 Å². The number of hydrogen-bond acceptors (Lipinski definition) is 5. The van der Waals surface area contributed by atoms with Gasteiger partial charge in [0.25, 0.3) is 5.91 Å². The van der Waals surface area contributed by atoms with Crippen LogP contribution in [0, 0.1) is 6.92 Å². The van der Waals surface area contributed by atoms with Crippen molar-refractivity contribution < 1.29 is 13.2 Å². The molecule has 3 rings (SSSR count). The molecule has 1 unspecified atom stereocenters. The average Bonchev–Trinajstić information content (AvgIpc) is 3.10. The third-order valence-corrected chi connectivity index (χ3v) is 7.80. The van der Waals surface area contributed by atoms with E-state index < -0.39 is 10.0 Å². The number of carbonyl (C=O) groups is 1. The molecule has 8 heteroatoms. The first-order valence-corrected chi connectivity index (χ1v) is 11.0. The van der Waals surface area contributed by atoms with Crippen LogP contribution in [0.25, 0.3) is 10.2 Å². The summed E-state index contributed by atoms with van der Waals surface area (Å²) in [5, 5.41) is 0.840. The first-order valence-electron chi connectivity index (χ1n) is 8.78. The summed E-state index contributed by atoms with van der Waals surface area (Å²) in [6.07, 6.45) is 0. The van der Waals surface area contributed by atoms with E-state index in [4.69, 9.17) is 0 Å². The van der Waals surface area contributed by atoms with Crippen molar-refractivity contribution in [3.63, 3.8) is 0 Å². The van der Waals surface area contributed by atoms with Crippen molar-refractivity contribution in [1.82, 2.24) is 14.2 Å². The molecule has 0 bridgehead atoms. The zero-order chi connectivity index (χ0) is 20.6. The highest BCUT2D eigenvalue weighted by Gasteiger charge is 2.25. The third kappa shape index (κ3) is 3.67. The molecule has 0 aliphatic rings. The van der Waals surface area contributed by atoms with Gasteiger partial charge in [0.05, 0.1) is 21.2 Å². The van der Waals surface area contributed by atoms with Gasteiger partial charge in [0.15, 0.2) is 0 Å². The number of rotatable bonds is 5. The standard InChI is InChI=1S/C20H23N3O3S2/c1-13-10-11-15(28(25,26)22(3)4)12-16(13)20(24)23(5)14(2)19-21-17-8-6-7-9-18(17)27-19/h6-12,14H,1-5H3. The number of para-hydroxylation sites is 1. The van der Waals surface area contributed by atoms with Crippen LogP contribution in [0.1, 0.15) is 33.9 Å². The Morgan fingerprint density at radius 2 is 1.79 bits per heavy atom. The average molecular weight is 418 g/mol. The molecule has 0 fully saturated rings. The van der Waals surface area contributed by atoms with Crippen molar-refractivity contribution in [2.45, 2.75) is 24.8 Å². The van der Waals surface area contributed by atoms with Crippen LogP contribution in [0.5, 0.6) is 0 Å². The highest BCUT2D eigenvalue weighted by Crippen LogP contribution is 2.30. The Morgan fingerprint density at radius 3 is 2.43 bits per heavy atom. The highest BCUT2D eigenvalue weighted by atomic mass is 32.2. The molecule has 3 aromatic rings. The van der Waals surface area contributed by atoms with Gasteiger partial charge in [-0.1, -0.05) is 18.2 Å². The van der Waals surface area contributed by atoms with E-state index in [9.17, 15) is 13.2 Å². The fourth-order valence-corrected chi connectivity index (χ4v) is 4.79. The molecule has 6 nitrogen and oxygen atoms in total. The fraction of sp³-hybridized carbons (Fsp3) is 0.300. The Bertz CT molecular complexity index is 1100. The highest BCUT2D eigenvalue weighted by molar-refractivity contribution is 7.89. The maximum absolute atomic E-state index is 13.1. The molecule has 28 heavy (non-hydrogen) atoms. The lowest BCUT2D eigenvalue weighted by Gasteiger charge is -2.24. The molecule has 2 aromatic carbocycles. The summed E-state index contributed by atoms with van der Waals surface area (Å²) in [6, 6.07) is 12.3. The molecule has 0 radical (unpaired) electrons. The maximum atomic E-state index is 13.1. The lowest BCUT2D eigenvalue weighted by molar-refractivity contribution is 0.0741. The normalized spacial score (nSPS) is 13.1. The molecular formula is C20H23N3O3S2. The minimum absolute atomic E-state index is 0.104. The number of amides is 1. The molecule has 1 aromatic heterocycles. The topological polar surface area (TPSA) is 70.6 Å². The van der Waals surface area contributed by atoms with Crippen molar-refractivity contribution >= 4 is 37.5 Å². The lowest BCUT2D eigenvalue weighted by atomic mass is 10.1. The van der Waals surface area contributed by atoms with Gasteiger partial charge in [-0.25, -0.2) is 17.7 Å². The predicted octanol–water partition coefficient (Wildman–Crippen LogP) is 3.69. The molecule has 0 saturated carbocycles. The summed E-state index contributed by atoms with van der Waals surface area (Å²) in [5.74, 6) is -0.236. The fourth-order valence-electron chi connectivity index (χ4n) is 2.80. The van der Waals surface area contributed by atoms with Gasteiger partial charge >= 0.3 is 0 Å². The van der Waals surface area contributed by atoms with E-state index in [2.05, 4.69) is 4.98 Å². The lowest BCUT2D eigenvalue weighted by Crippen LogP contribution is -2.30. The third-order valence-electron chi connectivity index (χ3n) is 4.79. The van der Waals surface area contributed by atoms with Gasteiger partial charge in [0.2, 0.25) is 10.0 Å². The second kappa shape index (κ2) is 7.62. The van der Waals surface area contributed by atoms with Crippen LogP contribution >= 0.6 is 11.3 Å². The number of benzene rings is 2. The van der Waals surface area contributed by atoms with Gasteiger partial charge in [-0.3, -0.25) is 4.79 Å². The van der Waals surface area contributed by atoms with Crippen LogP contribution in [0.3, 0.4) is 0 Å². The second-order valence-corrected chi connectivity index (χ2v) is 10.1. The minimum Gasteiger partial charge on any atom is -0.333 e. The molecule has 0 spiro atoms. The molecule has 0 N–H and O–H groups in total. The van der Waals surface area contributed by atoms with Gasteiger partial charge in [-0.15, -0.1) is 11.3 Å². The molecule has 0 aliphatic heterocycles. The Morgan fingerprint density at radius 1 is 1.11 bits per heavy atom. The van der Waals surface area contributed by atoms with Crippen molar-refractivity contribution in [3.8, 4) is 0 Å². The Hall–Kier alpha value is -2.29. The first kappa shape index (κ1) is 20.4. The number of carbonyl (C=O) groups excluding carboxylic acids is 1. The Labute approximate surface area is 169 Å². The smallest absolute Gasteiger partial charge is 0.254 e. The van der Waals surface area contributed by atoms with Gasteiger partial charge in [-0.2, -0.15) is 0 Å². The summed E-state index contributed by atoms with van der Waals surface area (Å²) < 4.78 is 27.1. The van der Waals surface area contributed by atoms with Crippen molar-refractivity contribution in [3.05, 3.63) is 58.6 Å². The Balaban J connectivity index is 1.94. The van der Waals surface area contributed by atoms with Crippen LogP contribution in [-0.4, -0.2) is 49.7 Å². The van der Waals surface area contributed by atoms with E-state index in [-0.39, 0.29) is 16.8 Å². The van der Waals surface area contributed by atoms with E-state index in [1.54, 1.807) is 36.3 Å². The molecule has 1 amide bonds. The molecule has 148 valence electrons. The van der Waals surface area contributed by atoms with Crippen LogP contribution < -0.4 is 0 Å². The van der Waals surface area contributed by atoms with Gasteiger partial charge < -0.3 is 4.90 Å². The second-order valence-electron chi connectivity index (χ2n) is 6.88. The zero-order valence-corrected chi connectivity index (χ0v) is 18.1. The van der Waals surface area contributed by atoms with E-state index in [0.717, 1.165) is 25.1 Å². The van der Waals surface area contributed by atoms with E-state index in [1.165, 1.54) is 26.2 Å². The van der Waals surface area contributed by atoms with Crippen LogP contribution in [0.4, 0.5) is 0 Å². The summed E-state index contributed by atoms with van der Waals surface area (Å²) >= 11 is 1.55. The number of thiazole rings is 1. The molecular weight excluding hydrogens is 394 g/mol. The van der Waals surface area contributed by atoms with E-state index >= 15 is 0 Å². The van der Waals surface area contributed by atoms with Crippen molar-refractivity contribution in [2.75, 3.05) is 21.1 Å². The molecule has 0 saturated heterocycles. The van der Waals surface area contributed by atoms with Crippen LogP contribution in [0.15, 0.2) is 47.4 Å². The predicted molar refractivity (Wildman–Crippen MR) is 112 cm³/mol. The van der Waals surface area contributed by atoms with Gasteiger partial charge in [0.1, 0.15) is 5.01 Å². The number of sulfonamides is 1. The Kier molecular flexibility index (Phi) is 5.56. The quantitative estimate of drug-likeness (QED) is 0.635. The molecule has 0 aliphatic carbocycles. The number of aromatic nitrogens is 1. The van der Waals surface area contributed by atoms with Gasteiger partial charge in [0, 0.05) is 26.7 Å². The minimum atomic E-state index is -3.61. The molecule has 1 heterocycles. The number of hydrogen-bond donors (Lipinski definition) is 0. The summed E-state index contributed by atoms with van der Waals surface area (Å²) in [7, 11) is 1.04. The number of fused-ring (bicyclic) bond motifs is 1. The SMILES string of the molecule is Cc1ccc(S(=O)(=O)N(C)C)cc1C(=O)N(C)C(C)c1nc2ccccc2s1. The van der Waals surface area contributed by atoms with Crippen molar-refractivity contribution in [1.29, 1.82) is 0 Å². The number of nitrogens with zero attached hydrogens (tertiary/aromatic N) is 3. The maximum Gasteiger partial charge on any atom is 0.254 e. The van der Waals surface area contributed by atoms with E-state index in [0.29, 0.717) is 5.56 Å². The first-order chi connectivity index (χ1) is 13.1. The summed E-state index contributed by atoms with van der Waals surface area (Å²) in [6.45, 7) is 3.72. The number of aryl methyl sites for hydroxylation is 1. The van der Waals surface area contributed by atoms with Crippen LogP contribution in [0.2, 0.25) is 0 Å². The van der Waals surface area contributed by atoms with Crippen LogP contribution in [-0.2, 0) is 10.0 Å². The monoisotopic (exact) mass is 417 g/mol. The van der Waals surface area contributed by atoms with Gasteiger partial charge in [-0.05, 0) is 43.7 Å². The summed E-state index contributed by atoms with van der Waals surface area (Å²) in [4.78, 5) is 19.5. The van der Waals surface area contributed by atoms with Crippen molar-refractivity contribution in [2.24, 2.45) is 0 Å². The zero-order valence-electron chi connectivity index (χ0n) is 16.5. The summed E-state index contributed by atoms with van der Waals surface area (Å²) in [5.41, 5.74) is 2.01.